The quantitative estimate of drug-likeness (QED) is 0.843. The largest absolute Gasteiger partial charge is 0.496 e. The van der Waals surface area contributed by atoms with Crippen molar-refractivity contribution in [2.75, 3.05) is 27.9 Å². The summed E-state index contributed by atoms with van der Waals surface area (Å²) in [7, 11) is 4.92. The summed E-state index contributed by atoms with van der Waals surface area (Å²) in [5.74, 6) is 2.37. The summed E-state index contributed by atoms with van der Waals surface area (Å²) in [6, 6.07) is 10.4. The van der Waals surface area contributed by atoms with Crippen LogP contribution in [0, 0.1) is 13.8 Å². The van der Waals surface area contributed by atoms with Crippen LogP contribution in [0.2, 0.25) is 0 Å². The number of hydrogen-bond acceptors (Lipinski definition) is 4. The Labute approximate surface area is 144 Å². The van der Waals surface area contributed by atoms with Crippen molar-refractivity contribution in [3.8, 4) is 17.2 Å². The number of methoxy groups -OCH3 is 3. The fourth-order valence-corrected chi connectivity index (χ4v) is 3.10. The number of benzene rings is 2. The molecule has 2 rings (SSSR count). The summed E-state index contributed by atoms with van der Waals surface area (Å²) < 4.78 is 16.3. The van der Waals surface area contributed by atoms with Crippen molar-refractivity contribution in [1.82, 2.24) is 0 Å². The molecule has 24 heavy (non-hydrogen) atoms. The fraction of sp³-hybridized carbons (Fsp3) is 0.400. The zero-order valence-corrected chi connectivity index (χ0v) is 15.2. The Kier molecular flexibility index (Phi) is 6.10. The van der Waals surface area contributed by atoms with Crippen LogP contribution in [0.1, 0.15) is 28.2 Å². The molecule has 4 nitrogen and oxygen atoms in total. The van der Waals surface area contributed by atoms with Gasteiger partial charge in [0.25, 0.3) is 0 Å². The van der Waals surface area contributed by atoms with Gasteiger partial charge in [0, 0.05) is 12.0 Å². The molecule has 2 N–H and O–H groups in total. The van der Waals surface area contributed by atoms with E-state index in [1.807, 2.05) is 12.1 Å². The third-order valence-electron chi connectivity index (χ3n) is 4.25. The molecule has 0 aliphatic rings. The Balaban J connectivity index is 2.39. The summed E-state index contributed by atoms with van der Waals surface area (Å²) in [5.41, 5.74) is 10.9. The average molecular weight is 329 g/mol. The molecular formula is C20H27NO3. The van der Waals surface area contributed by atoms with Gasteiger partial charge < -0.3 is 19.9 Å². The van der Waals surface area contributed by atoms with Gasteiger partial charge in [0.05, 0.1) is 21.3 Å². The van der Waals surface area contributed by atoms with Gasteiger partial charge in [-0.15, -0.1) is 0 Å². The van der Waals surface area contributed by atoms with Gasteiger partial charge >= 0.3 is 0 Å². The summed E-state index contributed by atoms with van der Waals surface area (Å²) >= 11 is 0. The van der Waals surface area contributed by atoms with E-state index in [-0.39, 0.29) is 5.92 Å². The molecule has 0 aliphatic heterocycles. The first-order chi connectivity index (χ1) is 11.5. The molecule has 130 valence electrons. The smallest absolute Gasteiger partial charge is 0.164 e. The van der Waals surface area contributed by atoms with Gasteiger partial charge in [-0.2, -0.15) is 0 Å². The number of aryl methyl sites for hydroxylation is 2. The number of hydrogen-bond donors (Lipinski definition) is 1. The Morgan fingerprint density at radius 1 is 0.792 bits per heavy atom. The summed E-state index contributed by atoms with van der Waals surface area (Å²) in [6.45, 7) is 4.79. The number of ether oxygens (including phenoxy) is 3. The van der Waals surface area contributed by atoms with Gasteiger partial charge in [-0.3, -0.25) is 0 Å². The molecule has 0 radical (unpaired) electrons. The van der Waals surface area contributed by atoms with Crippen LogP contribution in [-0.4, -0.2) is 27.9 Å². The van der Waals surface area contributed by atoms with Crippen molar-refractivity contribution < 1.29 is 14.2 Å². The SMILES string of the molecule is COc1cc(OC)c(OC)cc1CC(CN)c1cc(C)cc(C)c1. The van der Waals surface area contributed by atoms with Crippen LogP contribution < -0.4 is 19.9 Å². The molecule has 1 unspecified atom stereocenters. The summed E-state index contributed by atoms with van der Waals surface area (Å²) in [4.78, 5) is 0. The van der Waals surface area contributed by atoms with Gasteiger partial charge in [-0.05, 0) is 44.0 Å². The second-order valence-corrected chi connectivity index (χ2v) is 6.08. The van der Waals surface area contributed by atoms with E-state index in [2.05, 4.69) is 32.0 Å². The van der Waals surface area contributed by atoms with E-state index in [0.29, 0.717) is 18.0 Å². The Bertz CT molecular complexity index is 677. The van der Waals surface area contributed by atoms with E-state index in [0.717, 1.165) is 17.7 Å². The van der Waals surface area contributed by atoms with E-state index < -0.39 is 0 Å². The third-order valence-corrected chi connectivity index (χ3v) is 4.25. The zero-order chi connectivity index (χ0) is 17.7. The number of nitrogens with two attached hydrogens (primary N) is 1. The Morgan fingerprint density at radius 3 is 1.83 bits per heavy atom. The van der Waals surface area contributed by atoms with Gasteiger partial charge in [-0.25, -0.2) is 0 Å². The van der Waals surface area contributed by atoms with E-state index in [9.17, 15) is 0 Å². The lowest BCUT2D eigenvalue weighted by Crippen LogP contribution is -2.16. The normalized spacial score (nSPS) is 11.9. The molecule has 0 bridgehead atoms. The minimum Gasteiger partial charge on any atom is -0.496 e. The lowest BCUT2D eigenvalue weighted by Gasteiger charge is -2.20. The van der Waals surface area contributed by atoms with Crippen molar-refractivity contribution in [1.29, 1.82) is 0 Å². The van der Waals surface area contributed by atoms with Gasteiger partial charge in [0.1, 0.15) is 5.75 Å². The van der Waals surface area contributed by atoms with Crippen LogP contribution in [0.25, 0.3) is 0 Å². The maximum Gasteiger partial charge on any atom is 0.164 e. The molecule has 0 aromatic heterocycles. The topological polar surface area (TPSA) is 53.7 Å². The first kappa shape index (κ1) is 18.1. The predicted octanol–water partition coefficient (Wildman–Crippen LogP) is 3.61. The molecule has 2 aromatic carbocycles. The maximum atomic E-state index is 6.07. The van der Waals surface area contributed by atoms with Crippen LogP contribution in [-0.2, 0) is 6.42 Å². The standard InChI is InChI=1S/C20H27NO3/c1-13-6-14(2)8-15(7-13)17(12-21)9-16-10-19(23-4)20(24-5)11-18(16)22-3/h6-8,10-11,17H,9,12,21H2,1-5H3. The Morgan fingerprint density at radius 2 is 1.33 bits per heavy atom. The minimum atomic E-state index is 0.218. The van der Waals surface area contributed by atoms with Crippen molar-refractivity contribution in [3.63, 3.8) is 0 Å². The van der Waals surface area contributed by atoms with Gasteiger partial charge in [0.2, 0.25) is 0 Å². The van der Waals surface area contributed by atoms with E-state index >= 15 is 0 Å². The van der Waals surface area contributed by atoms with Crippen molar-refractivity contribution >= 4 is 0 Å². The number of rotatable bonds is 7. The van der Waals surface area contributed by atoms with E-state index in [1.165, 1.54) is 16.7 Å². The highest BCUT2D eigenvalue weighted by atomic mass is 16.5. The van der Waals surface area contributed by atoms with Crippen LogP contribution >= 0.6 is 0 Å². The summed E-state index contributed by atoms with van der Waals surface area (Å²) in [6.07, 6.45) is 0.781. The second-order valence-electron chi connectivity index (χ2n) is 6.08. The van der Waals surface area contributed by atoms with E-state index in [4.69, 9.17) is 19.9 Å². The second kappa shape index (κ2) is 8.06. The maximum absolute atomic E-state index is 6.07. The zero-order valence-electron chi connectivity index (χ0n) is 15.2. The van der Waals surface area contributed by atoms with E-state index in [1.54, 1.807) is 21.3 Å². The minimum absolute atomic E-state index is 0.218. The first-order valence-corrected chi connectivity index (χ1v) is 8.09. The van der Waals surface area contributed by atoms with Crippen molar-refractivity contribution in [2.24, 2.45) is 5.73 Å². The molecule has 0 spiro atoms. The lowest BCUT2D eigenvalue weighted by molar-refractivity contribution is 0.347. The molecule has 0 amide bonds. The monoisotopic (exact) mass is 329 g/mol. The molecule has 0 heterocycles. The average Bonchev–Trinajstić information content (AvgIpc) is 2.57. The molecule has 2 aromatic rings. The van der Waals surface area contributed by atoms with Crippen LogP contribution in [0.5, 0.6) is 17.2 Å². The molecule has 0 saturated carbocycles. The third kappa shape index (κ3) is 4.01. The molecular weight excluding hydrogens is 302 g/mol. The predicted molar refractivity (Wildman–Crippen MR) is 97.5 cm³/mol. The van der Waals surface area contributed by atoms with Gasteiger partial charge in [0.15, 0.2) is 11.5 Å². The highest BCUT2D eigenvalue weighted by molar-refractivity contribution is 5.51. The fourth-order valence-electron chi connectivity index (χ4n) is 3.10. The molecule has 0 saturated heterocycles. The first-order valence-electron chi connectivity index (χ1n) is 8.09. The molecule has 0 fully saturated rings. The Hall–Kier alpha value is -2.20. The summed E-state index contributed by atoms with van der Waals surface area (Å²) in [5, 5.41) is 0. The van der Waals surface area contributed by atoms with Crippen LogP contribution in [0.15, 0.2) is 30.3 Å². The highest BCUT2D eigenvalue weighted by Crippen LogP contribution is 2.37. The van der Waals surface area contributed by atoms with Crippen molar-refractivity contribution in [3.05, 3.63) is 52.6 Å². The lowest BCUT2D eigenvalue weighted by atomic mass is 9.89. The molecule has 4 heteroatoms. The molecule has 0 aliphatic carbocycles. The van der Waals surface area contributed by atoms with Gasteiger partial charge in [-0.1, -0.05) is 29.3 Å². The molecule has 1 atom stereocenters. The van der Waals surface area contributed by atoms with Crippen LogP contribution in [0.3, 0.4) is 0 Å². The highest BCUT2D eigenvalue weighted by Gasteiger charge is 2.17. The van der Waals surface area contributed by atoms with Crippen molar-refractivity contribution in [2.45, 2.75) is 26.2 Å². The van der Waals surface area contributed by atoms with Crippen LogP contribution in [0.4, 0.5) is 0 Å².